The molecule has 0 aliphatic rings. The summed E-state index contributed by atoms with van der Waals surface area (Å²) in [5.74, 6) is -0.749. The second-order valence-corrected chi connectivity index (χ2v) is 5.08. The maximum absolute atomic E-state index is 12.2. The van der Waals surface area contributed by atoms with Crippen molar-refractivity contribution < 1.29 is 9.90 Å². The standard InChI is InChI=1S/C14H9ClN4O4/c15-7-1-2-10(20)9(4-7)17-12(21)6-3-8-11(16-5-6)18-14(23)19-13(8)22/h1-5,20H,(H,17,21)(H2,16,18,19,22,23). The van der Waals surface area contributed by atoms with Gasteiger partial charge < -0.3 is 10.4 Å². The molecule has 0 aliphatic heterocycles. The van der Waals surface area contributed by atoms with E-state index in [4.69, 9.17) is 11.6 Å². The van der Waals surface area contributed by atoms with Gasteiger partial charge in [0, 0.05) is 11.2 Å². The van der Waals surface area contributed by atoms with E-state index in [-0.39, 0.29) is 28.0 Å². The zero-order valence-electron chi connectivity index (χ0n) is 11.4. The van der Waals surface area contributed by atoms with Crippen LogP contribution in [-0.4, -0.2) is 26.0 Å². The Morgan fingerprint density at radius 3 is 2.78 bits per heavy atom. The maximum atomic E-state index is 12.2. The van der Waals surface area contributed by atoms with E-state index in [1.54, 1.807) is 0 Å². The molecule has 0 aliphatic carbocycles. The highest BCUT2D eigenvalue weighted by molar-refractivity contribution is 6.31. The van der Waals surface area contributed by atoms with Gasteiger partial charge in [0.15, 0.2) is 0 Å². The van der Waals surface area contributed by atoms with Gasteiger partial charge in [0.2, 0.25) is 0 Å². The molecule has 116 valence electrons. The molecule has 0 fully saturated rings. The minimum atomic E-state index is -0.684. The van der Waals surface area contributed by atoms with Crippen LogP contribution >= 0.6 is 11.6 Å². The van der Waals surface area contributed by atoms with Crippen molar-refractivity contribution in [1.82, 2.24) is 15.0 Å². The molecule has 2 heterocycles. The molecule has 0 atom stereocenters. The molecule has 0 spiro atoms. The minimum Gasteiger partial charge on any atom is -0.506 e. The summed E-state index contributed by atoms with van der Waals surface area (Å²) in [6.45, 7) is 0. The average molecular weight is 333 g/mol. The largest absolute Gasteiger partial charge is 0.506 e. The lowest BCUT2D eigenvalue weighted by Gasteiger charge is -2.08. The monoisotopic (exact) mass is 332 g/mol. The number of halogens is 1. The fourth-order valence-corrected chi connectivity index (χ4v) is 2.15. The molecule has 1 aromatic carbocycles. The minimum absolute atomic E-state index is 0.0626. The lowest BCUT2D eigenvalue weighted by molar-refractivity contribution is 0.102. The molecule has 0 radical (unpaired) electrons. The van der Waals surface area contributed by atoms with E-state index in [0.29, 0.717) is 5.02 Å². The average Bonchev–Trinajstić information content (AvgIpc) is 2.50. The molecular weight excluding hydrogens is 324 g/mol. The first-order valence-corrected chi connectivity index (χ1v) is 6.74. The first-order valence-electron chi connectivity index (χ1n) is 6.36. The van der Waals surface area contributed by atoms with Crippen LogP contribution in [0, 0.1) is 0 Å². The van der Waals surface area contributed by atoms with E-state index in [9.17, 15) is 19.5 Å². The molecule has 3 aromatic rings. The van der Waals surface area contributed by atoms with Gasteiger partial charge in [-0.3, -0.25) is 19.6 Å². The van der Waals surface area contributed by atoms with E-state index in [1.165, 1.54) is 30.5 Å². The van der Waals surface area contributed by atoms with Gasteiger partial charge in [-0.2, -0.15) is 0 Å². The molecule has 3 rings (SSSR count). The number of anilines is 1. The molecule has 2 aromatic heterocycles. The van der Waals surface area contributed by atoms with E-state index >= 15 is 0 Å². The zero-order valence-corrected chi connectivity index (χ0v) is 12.1. The van der Waals surface area contributed by atoms with Gasteiger partial charge in [-0.15, -0.1) is 0 Å². The molecule has 0 unspecified atom stereocenters. The summed E-state index contributed by atoms with van der Waals surface area (Å²) in [6, 6.07) is 5.48. The first-order chi connectivity index (χ1) is 10.9. The van der Waals surface area contributed by atoms with Crippen LogP contribution in [0.15, 0.2) is 40.1 Å². The van der Waals surface area contributed by atoms with Crippen LogP contribution in [0.2, 0.25) is 5.02 Å². The number of phenolic OH excluding ortho intramolecular Hbond substituents is 1. The summed E-state index contributed by atoms with van der Waals surface area (Å²) >= 11 is 5.81. The number of nitrogens with zero attached hydrogens (tertiary/aromatic N) is 1. The highest BCUT2D eigenvalue weighted by Crippen LogP contribution is 2.27. The van der Waals surface area contributed by atoms with Crippen LogP contribution in [0.25, 0.3) is 11.0 Å². The highest BCUT2D eigenvalue weighted by atomic mass is 35.5. The lowest BCUT2D eigenvalue weighted by Crippen LogP contribution is -2.23. The van der Waals surface area contributed by atoms with Gasteiger partial charge in [0.05, 0.1) is 16.6 Å². The van der Waals surface area contributed by atoms with Crippen molar-refractivity contribution in [3.8, 4) is 5.75 Å². The van der Waals surface area contributed by atoms with Gasteiger partial charge in [0.25, 0.3) is 11.5 Å². The van der Waals surface area contributed by atoms with Gasteiger partial charge in [-0.1, -0.05) is 11.6 Å². The number of carbonyl (C=O) groups is 1. The normalized spacial score (nSPS) is 10.7. The molecule has 23 heavy (non-hydrogen) atoms. The van der Waals surface area contributed by atoms with Crippen LogP contribution in [-0.2, 0) is 0 Å². The number of hydrogen-bond donors (Lipinski definition) is 4. The van der Waals surface area contributed by atoms with Gasteiger partial charge in [-0.25, -0.2) is 9.78 Å². The third-order valence-corrected chi connectivity index (χ3v) is 3.30. The van der Waals surface area contributed by atoms with Crippen molar-refractivity contribution in [2.45, 2.75) is 0 Å². The molecule has 0 saturated heterocycles. The Hall–Kier alpha value is -3.13. The number of phenols is 1. The van der Waals surface area contributed by atoms with Crippen LogP contribution in [0.4, 0.5) is 5.69 Å². The van der Waals surface area contributed by atoms with E-state index in [1.807, 2.05) is 4.98 Å². The third kappa shape index (κ3) is 2.92. The Labute approximate surface area is 132 Å². The number of H-pyrrole nitrogens is 2. The van der Waals surface area contributed by atoms with Crippen molar-refractivity contribution in [2.75, 3.05) is 5.32 Å². The lowest BCUT2D eigenvalue weighted by atomic mass is 10.2. The van der Waals surface area contributed by atoms with Crippen molar-refractivity contribution >= 4 is 34.2 Å². The van der Waals surface area contributed by atoms with E-state index in [0.717, 1.165) is 0 Å². The predicted octanol–water partition coefficient (Wildman–Crippen LogP) is 1.22. The Morgan fingerprint density at radius 2 is 2.00 bits per heavy atom. The van der Waals surface area contributed by atoms with E-state index in [2.05, 4.69) is 15.3 Å². The van der Waals surface area contributed by atoms with Crippen molar-refractivity contribution in [2.24, 2.45) is 0 Å². The summed E-state index contributed by atoms with van der Waals surface area (Å²) in [4.78, 5) is 43.4. The number of carbonyl (C=O) groups excluding carboxylic acids is 1. The van der Waals surface area contributed by atoms with Crippen LogP contribution < -0.4 is 16.6 Å². The fourth-order valence-electron chi connectivity index (χ4n) is 1.97. The van der Waals surface area contributed by atoms with Gasteiger partial charge in [-0.05, 0) is 24.3 Å². The first kappa shape index (κ1) is 14.8. The molecule has 1 amide bonds. The molecule has 8 nitrogen and oxygen atoms in total. The Bertz CT molecular complexity index is 1040. The second kappa shape index (κ2) is 5.58. The quantitative estimate of drug-likeness (QED) is 0.525. The third-order valence-electron chi connectivity index (χ3n) is 3.06. The number of fused-ring (bicyclic) bond motifs is 1. The Kier molecular flexibility index (Phi) is 3.59. The van der Waals surface area contributed by atoms with Gasteiger partial charge in [0.1, 0.15) is 11.4 Å². The zero-order chi connectivity index (χ0) is 16.6. The van der Waals surface area contributed by atoms with Crippen molar-refractivity contribution in [3.63, 3.8) is 0 Å². The number of nitrogens with one attached hydrogen (secondary N) is 3. The van der Waals surface area contributed by atoms with Gasteiger partial charge >= 0.3 is 5.69 Å². The number of pyridine rings is 1. The number of aromatic amines is 2. The number of aromatic nitrogens is 3. The summed E-state index contributed by atoms with van der Waals surface area (Å²) in [7, 11) is 0. The van der Waals surface area contributed by atoms with E-state index < -0.39 is 17.2 Å². The Balaban J connectivity index is 2.00. The summed E-state index contributed by atoms with van der Waals surface area (Å²) < 4.78 is 0. The molecule has 0 bridgehead atoms. The highest BCUT2D eigenvalue weighted by Gasteiger charge is 2.12. The van der Waals surface area contributed by atoms with Crippen LogP contribution in [0.1, 0.15) is 10.4 Å². The number of amides is 1. The predicted molar refractivity (Wildman–Crippen MR) is 84.1 cm³/mol. The smallest absolute Gasteiger partial charge is 0.327 e. The molecule has 4 N–H and O–H groups in total. The van der Waals surface area contributed by atoms with Crippen LogP contribution in [0.3, 0.4) is 0 Å². The summed E-state index contributed by atoms with van der Waals surface area (Å²) in [5.41, 5.74) is -1.07. The number of aromatic hydroxyl groups is 1. The second-order valence-electron chi connectivity index (χ2n) is 4.64. The van der Waals surface area contributed by atoms with Crippen LogP contribution in [0.5, 0.6) is 5.75 Å². The SMILES string of the molecule is O=C(Nc1cc(Cl)ccc1O)c1cnc2[nH]c(=O)[nH]c(=O)c2c1. The number of benzene rings is 1. The maximum Gasteiger partial charge on any atom is 0.327 e. The molecule has 0 saturated carbocycles. The summed E-state index contributed by atoms with van der Waals surface area (Å²) in [5, 5.41) is 12.6. The molecule has 9 heteroatoms. The molecular formula is C14H9ClN4O4. The topological polar surface area (TPSA) is 128 Å². The summed E-state index contributed by atoms with van der Waals surface area (Å²) in [6.07, 6.45) is 1.20. The van der Waals surface area contributed by atoms with Crippen molar-refractivity contribution in [1.29, 1.82) is 0 Å². The number of hydrogen-bond acceptors (Lipinski definition) is 5. The van der Waals surface area contributed by atoms with Crippen molar-refractivity contribution in [3.05, 3.63) is 61.9 Å². The Morgan fingerprint density at radius 1 is 1.22 bits per heavy atom. The number of rotatable bonds is 2. The fraction of sp³-hybridized carbons (Fsp3) is 0.